The molecule has 3 N–H and O–H groups in total. The van der Waals surface area contributed by atoms with E-state index in [1.807, 2.05) is 36.4 Å². The molecule has 0 amide bonds. The Morgan fingerprint density at radius 2 is 0.576 bits per heavy atom. The Kier molecular flexibility index (Phi) is 11.7. The van der Waals surface area contributed by atoms with E-state index in [2.05, 4.69) is 176 Å². The fourth-order valence-electron chi connectivity index (χ4n) is 8.92. The first-order chi connectivity index (χ1) is 29.0. The van der Waals surface area contributed by atoms with Gasteiger partial charge in [0.05, 0.1) is 36.6 Å². The van der Waals surface area contributed by atoms with Gasteiger partial charge in [0, 0.05) is 19.6 Å². The summed E-state index contributed by atoms with van der Waals surface area (Å²) in [5, 5.41) is 11.3. The molecule has 302 valence electrons. The van der Waals surface area contributed by atoms with Crippen molar-refractivity contribution in [3.63, 3.8) is 0 Å². The van der Waals surface area contributed by atoms with Crippen LogP contribution in [0.15, 0.2) is 182 Å². The van der Waals surface area contributed by atoms with Crippen LogP contribution in [0.25, 0.3) is 0 Å². The number of nitrogens with one attached hydrogen (secondary N) is 3. The van der Waals surface area contributed by atoms with Crippen molar-refractivity contribution in [2.45, 2.75) is 16.6 Å². The Hall–Kier alpha value is -4.81. The molecule has 0 aliphatic carbocycles. The molecule has 3 saturated heterocycles. The van der Waals surface area contributed by atoms with Crippen LogP contribution in [-0.4, -0.2) is 74.5 Å². The molecule has 3 heterocycles. The minimum absolute atomic E-state index is 0.0398. The van der Waals surface area contributed by atoms with E-state index in [-0.39, 0.29) is 20.2 Å². The second-order valence-electron chi connectivity index (χ2n) is 15.6. The number of hydrogen-bond donors (Lipinski definition) is 3. The summed E-state index contributed by atoms with van der Waals surface area (Å²) >= 11 is 0. The largest absolute Gasteiger partial charge is 0.478 e. The van der Waals surface area contributed by atoms with E-state index in [0.717, 1.165) is 33.4 Å². The molecule has 0 radical (unpaired) electrons. The van der Waals surface area contributed by atoms with Gasteiger partial charge in [-0.1, -0.05) is 182 Å². The maximum Gasteiger partial charge on any atom is 0.478 e. The third kappa shape index (κ3) is 8.22. The zero-order chi connectivity index (χ0) is 40.0. The maximum absolute atomic E-state index is 15.0. The smallest absolute Gasteiger partial charge is 0.290 e. The van der Waals surface area contributed by atoms with Crippen LogP contribution in [0.3, 0.4) is 0 Å². The van der Waals surface area contributed by atoms with E-state index in [0.29, 0.717) is 39.6 Å². The molecule has 0 saturated carbocycles. The van der Waals surface area contributed by atoms with E-state index in [9.17, 15) is 4.57 Å². The Labute approximate surface area is 347 Å². The van der Waals surface area contributed by atoms with Crippen LogP contribution in [0.1, 0.15) is 33.4 Å². The summed E-state index contributed by atoms with van der Waals surface area (Å²) in [7, 11) is -4.14. The summed E-state index contributed by atoms with van der Waals surface area (Å²) in [6.07, 6.45) is 0. The number of hydrogen-bond acceptors (Lipinski definition) is 10. The highest BCUT2D eigenvalue weighted by Crippen LogP contribution is 2.51. The van der Waals surface area contributed by atoms with E-state index in [4.69, 9.17) is 13.6 Å². The second kappa shape index (κ2) is 17.4. The lowest BCUT2D eigenvalue weighted by Gasteiger charge is -2.32. The first kappa shape index (κ1) is 39.6. The van der Waals surface area contributed by atoms with Crippen molar-refractivity contribution in [3.8, 4) is 0 Å². The van der Waals surface area contributed by atoms with Crippen molar-refractivity contribution < 1.29 is 18.1 Å². The quantitative estimate of drug-likeness (QED) is 0.0911. The van der Waals surface area contributed by atoms with Gasteiger partial charge in [-0.2, -0.15) is 0 Å². The number of rotatable bonds is 15. The average molecular weight is 807 g/mol. The first-order valence-electron chi connectivity index (χ1n) is 20.3. The Morgan fingerprint density at radius 3 is 0.780 bits per heavy atom. The summed E-state index contributed by atoms with van der Waals surface area (Å²) < 4.78 is 34.0. The minimum atomic E-state index is -4.14. The van der Waals surface area contributed by atoms with Crippen LogP contribution in [0.5, 0.6) is 0 Å². The molecule has 59 heavy (non-hydrogen) atoms. The zero-order valence-electron chi connectivity index (χ0n) is 33.1. The molecule has 6 aromatic carbocycles. The molecule has 11 heteroatoms. The lowest BCUT2D eigenvalue weighted by molar-refractivity contribution is 0.0191. The van der Waals surface area contributed by atoms with Gasteiger partial charge in [-0.05, 0) is 33.4 Å². The highest BCUT2D eigenvalue weighted by molar-refractivity contribution is 7.48. The predicted octanol–water partition coefficient (Wildman–Crippen LogP) is 7.44. The van der Waals surface area contributed by atoms with Gasteiger partial charge in [0.2, 0.25) is 0 Å². The molecule has 3 fully saturated rings. The van der Waals surface area contributed by atoms with Crippen molar-refractivity contribution >= 4 is 7.82 Å². The van der Waals surface area contributed by atoms with Crippen LogP contribution in [0.4, 0.5) is 0 Å². The lowest BCUT2D eigenvalue weighted by Crippen LogP contribution is -2.40. The molecule has 9 rings (SSSR count). The van der Waals surface area contributed by atoms with Crippen molar-refractivity contribution in [3.05, 3.63) is 215 Å². The standard InChI is InChI=1S/C48H51N6O4P/c55-59(56-37-52-31-46(49-34-52,40-19-7-1-8-20-40)41-21-9-2-10-22-41,57-38-53-32-47(50-35-53,42-23-11-3-12-24-42)43-25-13-4-14-26-43)58-39-54-33-48(51-36-54,44-27-15-5-16-28-44)45-29-17-6-18-30-45/h1-30,49-51H,31-39H2. The van der Waals surface area contributed by atoms with Crippen LogP contribution < -0.4 is 16.0 Å². The van der Waals surface area contributed by atoms with Crippen LogP contribution in [0.2, 0.25) is 0 Å². The Morgan fingerprint density at radius 1 is 0.373 bits per heavy atom. The van der Waals surface area contributed by atoms with Crippen molar-refractivity contribution in [1.29, 1.82) is 0 Å². The highest BCUT2D eigenvalue weighted by Gasteiger charge is 2.45. The Bertz CT molecular complexity index is 1920. The van der Waals surface area contributed by atoms with Gasteiger partial charge >= 0.3 is 7.82 Å². The Balaban J connectivity index is 0.943. The van der Waals surface area contributed by atoms with E-state index in [1.165, 1.54) is 0 Å². The number of phosphoric ester groups is 1. The van der Waals surface area contributed by atoms with Gasteiger partial charge in [0.15, 0.2) is 0 Å². The second-order valence-corrected chi connectivity index (χ2v) is 17.3. The van der Waals surface area contributed by atoms with E-state index < -0.39 is 24.4 Å². The predicted molar refractivity (Wildman–Crippen MR) is 231 cm³/mol. The fourth-order valence-corrected chi connectivity index (χ4v) is 10.1. The molecule has 6 aromatic rings. The minimum Gasteiger partial charge on any atom is -0.290 e. The van der Waals surface area contributed by atoms with Crippen LogP contribution in [-0.2, 0) is 34.8 Å². The molecule has 0 unspecified atom stereocenters. The van der Waals surface area contributed by atoms with E-state index >= 15 is 0 Å². The van der Waals surface area contributed by atoms with Gasteiger partial charge < -0.3 is 0 Å². The summed E-state index contributed by atoms with van der Waals surface area (Å²) in [4.78, 5) is 6.33. The lowest BCUT2D eigenvalue weighted by atomic mass is 9.83. The van der Waals surface area contributed by atoms with Crippen LogP contribution in [0, 0.1) is 0 Å². The molecule has 3 aliphatic rings. The third-order valence-corrected chi connectivity index (χ3v) is 13.3. The normalized spacial score (nSPS) is 19.3. The van der Waals surface area contributed by atoms with Crippen LogP contribution >= 0.6 is 7.82 Å². The molecule has 0 spiro atoms. The summed E-state index contributed by atoms with van der Waals surface area (Å²) in [6.45, 7) is 3.46. The summed E-state index contributed by atoms with van der Waals surface area (Å²) in [5.41, 5.74) is 5.45. The highest BCUT2D eigenvalue weighted by atomic mass is 31.2. The van der Waals surface area contributed by atoms with Gasteiger partial charge in [0.1, 0.15) is 20.2 Å². The number of nitrogens with zero attached hydrogens (tertiary/aromatic N) is 3. The number of phosphoric acid groups is 1. The summed E-state index contributed by atoms with van der Waals surface area (Å²) in [5.74, 6) is 0. The molecule has 10 nitrogen and oxygen atoms in total. The zero-order valence-corrected chi connectivity index (χ0v) is 34.0. The molecule has 3 aliphatic heterocycles. The SMILES string of the molecule is O=P(OCN1CNC(c2ccccc2)(c2ccccc2)C1)(OCN1CNC(c2ccccc2)(c2ccccc2)C1)OCN1CNC(c2ccccc2)(c2ccccc2)C1. The monoisotopic (exact) mass is 806 g/mol. The maximum atomic E-state index is 15.0. The van der Waals surface area contributed by atoms with Gasteiger partial charge in [-0.15, -0.1) is 0 Å². The molecule has 0 bridgehead atoms. The fraction of sp³-hybridized carbons (Fsp3) is 0.250. The van der Waals surface area contributed by atoms with Crippen molar-refractivity contribution in [2.24, 2.45) is 0 Å². The molecule has 0 atom stereocenters. The molecular formula is C48H51N6O4P. The van der Waals surface area contributed by atoms with Gasteiger partial charge in [-0.3, -0.25) is 44.2 Å². The molecule has 0 aromatic heterocycles. The van der Waals surface area contributed by atoms with Crippen molar-refractivity contribution in [2.75, 3.05) is 59.8 Å². The summed E-state index contributed by atoms with van der Waals surface area (Å²) in [6, 6.07) is 62.6. The average Bonchev–Trinajstić information content (AvgIpc) is 4.08. The number of benzene rings is 6. The van der Waals surface area contributed by atoms with Gasteiger partial charge in [-0.25, -0.2) is 4.57 Å². The van der Waals surface area contributed by atoms with Gasteiger partial charge in [0.25, 0.3) is 0 Å². The molecular weight excluding hydrogens is 756 g/mol. The third-order valence-electron chi connectivity index (χ3n) is 12.0. The van der Waals surface area contributed by atoms with Crippen molar-refractivity contribution in [1.82, 2.24) is 30.7 Å². The van der Waals surface area contributed by atoms with E-state index in [1.54, 1.807) is 0 Å². The first-order valence-corrected chi connectivity index (χ1v) is 21.7. The topological polar surface area (TPSA) is 90.6 Å².